The maximum atomic E-state index is 13.2. The molecule has 1 aromatic carbocycles. The smallest absolute Gasteiger partial charge is 0.375 e. The maximum absolute atomic E-state index is 13.2. The van der Waals surface area contributed by atoms with E-state index in [1.54, 1.807) is 6.92 Å². The first kappa shape index (κ1) is 20.6. The second kappa shape index (κ2) is 6.71. The molecule has 0 bridgehead atoms. The molecule has 12 heteroatoms. The van der Waals surface area contributed by atoms with Crippen molar-refractivity contribution in [1.82, 2.24) is 14.6 Å². The molecule has 2 heterocycles. The molecule has 1 aromatic heterocycles. The van der Waals surface area contributed by atoms with E-state index in [4.69, 9.17) is 5.73 Å². The number of carbonyl (C=O) groups is 1. The van der Waals surface area contributed by atoms with Crippen molar-refractivity contribution in [2.24, 2.45) is 0 Å². The number of hydrogen-bond acceptors (Lipinski definition) is 6. The van der Waals surface area contributed by atoms with Gasteiger partial charge in [0.05, 0.1) is 21.0 Å². The largest absolute Gasteiger partial charge is 0.408 e. The number of amides is 1. The minimum Gasteiger partial charge on any atom is -0.375 e. The molecule has 3 rings (SSSR count). The van der Waals surface area contributed by atoms with E-state index in [0.29, 0.717) is 21.0 Å². The second-order valence-electron chi connectivity index (χ2n) is 6.33. The highest BCUT2D eigenvalue weighted by Gasteiger charge is 2.46. The average molecular weight is 434 g/mol. The number of alkyl halides is 3. The van der Waals surface area contributed by atoms with Gasteiger partial charge in [0.1, 0.15) is 6.04 Å². The number of nitrogen functional groups attached to an aromatic ring is 1. The lowest BCUT2D eigenvalue weighted by atomic mass is 10.0. The molecular formula is C16H17F3N4O3S2. The van der Waals surface area contributed by atoms with Gasteiger partial charge in [0.15, 0.2) is 5.13 Å². The summed E-state index contributed by atoms with van der Waals surface area (Å²) in [5.74, 6) is -0.972. The average Bonchev–Trinajstić information content (AvgIpc) is 3.11. The number of halogens is 3. The molecule has 0 spiro atoms. The summed E-state index contributed by atoms with van der Waals surface area (Å²) in [6.45, 7) is 2.21. The number of benzene rings is 1. The van der Waals surface area contributed by atoms with Crippen molar-refractivity contribution < 1.29 is 26.4 Å². The van der Waals surface area contributed by atoms with Gasteiger partial charge >= 0.3 is 6.18 Å². The number of aromatic nitrogens is 1. The molecule has 0 aliphatic carbocycles. The van der Waals surface area contributed by atoms with Crippen molar-refractivity contribution in [3.05, 3.63) is 29.0 Å². The zero-order valence-electron chi connectivity index (χ0n) is 15.1. The summed E-state index contributed by atoms with van der Waals surface area (Å²) in [6, 6.07) is 0.733. The minimum absolute atomic E-state index is 0.207. The van der Waals surface area contributed by atoms with Crippen LogP contribution < -0.4 is 10.5 Å². The fraction of sp³-hybridized carbons (Fsp3) is 0.375. The summed E-state index contributed by atoms with van der Waals surface area (Å²) >= 11 is 1.12. The van der Waals surface area contributed by atoms with Gasteiger partial charge in [0.2, 0.25) is 10.0 Å². The van der Waals surface area contributed by atoms with Crippen LogP contribution in [-0.2, 0) is 16.6 Å². The van der Waals surface area contributed by atoms with E-state index in [-0.39, 0.29) is 27.7 Å². The van der Waals surface area contributed by atoms with Crippen LogP contribution in [0.3, 0.4) is 0 Å². The topological polar surface area (TPSA) is 105 Å². The fourth-order valence-electron chi connectivity index (χ4n) is 3.07. The first-order valence-electron chi connectivity index (χ1n) is 8.08. The number of hydrogen-bond donors (Lipinski definition) is 2. The summed E-state index contributed by atoms with van der Waals surface area (Å²) in [5.41, 5.74) is 6.64. The van der Waals surface area contributed by atoms with Gasteiger partial charge in [-0.3, -0.25) is 4.79 Å². The van der Waals surface area contributed by atoms with Crippen LogP contribution in [-0.4, -0.2) is 43.5 Å². The monoisotopic (exact) mass is 434 g/mol. The van der Waals surface area contributed by atoms with Crippen molar-refractivity contribution in [1.29, 1.82) is 0 Å². The van der Waals surface area contributed by atoms with Crippen LogP contribution >= 0.6 is 11.3 Å². The number of anilines is 1. The standard InChI is InChI=1S/C16H17F3N4O3S2/c1-7-13(27-15(20)22-7)9-4-10-6-23(8(2)16(17,18)19)14(24)12(10)11(5-9)28(25,26)21-3/h4-5,8,21H,6H2,1-3H3,(H2,20,22)/t8-/m0/s1. The third kappa shape index (κ3) is 3.35. The number of nitrogens with two attached hydrogens (primary N) is 1. The van der Waals surface area contributed by atoms with Gasteiger partial charge < -0.3 is 10.6 Å². The SMILES string of the molecule is CNS(=O)(=O)c1cc(-c2sc(N)nc2C)cc2c1C(=O)N([C@@H](C)C(F)(F)F)C2. The van der Waals surface area contributed by atoms with Gasteiger partial charge in [-0.1, -0.05) is 11.3 Å². The third-order valence-corrected chi connectivity index (χ3v) is 7.05. The van der Waals surface area contributed by atoms with Crippen LogP contribution in [0, 0.1) is 6.92 Å². The van der Waals surface area contributed by atoms with Crippen LogP contribution in [0.2, 0.25) is 0 Å². The van der Waals surface area contributed by atoms with Crippen molar-refractivity contribution >= 4 is 32.4 Å². The Balaban J connectivity index is 2.22. The van der Waals surface area contributed by atoms with Gasteiger partial charge in [-0.25, -0.2) is 18.1 Å². The van der Waals surface area contributed by atoms with Crippen LogP contribution in [0.5, 0.6) is 0 Å². The molecular weight excluding hydrogens is 417 g/mol. The number of fused-ring (bicyclic) bond motifs is 1. The van der Waals surface area contributed by atoms with E-state index in [2.05, 4.69) is 9.71 Å². The molecule has 0 saturated carbocycles. The van der Waals surface area contributed by atoms with Crippen molar-refractivity contribution in [3.63, 3.8) is 0 Å². The normalized spacial score (nSPS) is 15.8. The highest BCUT2D eigenvalue weighted by atomic mass is 32.2. The molecule has 7 nitrogen and oxygen atoms in total. The van der Waals surface area contributed by atoms with E-state index >= 15 is 0 Å². The van der Waals surface area contributed by atoms with E-state index in [0.717, 1.165) is 18.3 Å². The van der Waals surface area contributed by atoms with Crippen LogP contribution in [0.1, 0.15) is 28.5 Å². The summed E-state index contributed by atoms with van der Waals surface area (Å²) in [4.78, 5) is 17.6. The number of thiazole rings is 1. The molecule has 28 heavy (non-hydrogen) atoms. The molecule has 0 fully saturated rings. The molecule has 0 saturated heterocycles. The van der Waals surface area contributed by atoms with Gasteiger partial charge in [-0.15, -0.1) is 0 Å². The van der Waals surface area contributed by atoms with Gasteiger partial charge in [-0.05, 0) is 44.2 Å². The number of nitrogens with one attached hydrogen (secondary N) is 1. The number of nitrogens with zero attached hydrogens (tertiary/aromatic N) is 2. The Hall–Kier alpha value is -2.18. The molecule has 0 radical (unpaired) electrons. The Labute approximate surface area is 163 Å². The maximum Gasteiger partial charge on any atom is 0.408 e. The Morgan fingerprint density at radius 2 is 2.00 bits per heavy atom. The number of sulfonamides is 1. The van der Waals surface area contributed by atoms with Crippen molar-refractivity contribution in [2.45, 2.75) is 37.5 Å². The second-order valence-corrected chi connectivity index (χ2v) is 9.22. The van der Waals surface area contributed by atoms with E-state index in [1.807, 2.05) is 0 Å². The number of aryl methyl sites for hydroxylation is 1. The Bertz CT molecular complexity index is 1060. The van der Waals surface area contributed by atoms with Gasteiger partial charge in [0, 0.05) is 6.54 Å². The van der Waals surface area contributed by atoms with Crippen LogP contribution in [0.4, 0.5) is 18.3 Å². The molecule has 0 unspecified atom stereocenters. The fourth-order valence-corrected chi connectivity index (χ4v) is 4.88. The highest BCUT2D eigenvalue weighted by molar-refractivity contribution is 7.89. The summed E-state index contributed by atoms with van der Waals surface area (Å²) in [7, 11) is -2.94. The van der Waals surface area contributed by atoms with Crippen molar-refractivity contribution in [3.8, 4) is 10.4 Å². The zero-order chi connectivity index (χ0) is 21.0. The molecule has 152 valence electrons. The lowest BCUT2D eigenvalue weighted by Gasteiger charge is -2.26. The Kier molecular flexibility index (Phi) is 4.92. The molecule has 2 aromatic rings. The minimum atomic E-state index is -4.63. The number of carbonyl (C=O) groups excluding carboxylic acids is 1. The predicted octanol–water partition coefficient (Wildman–Crippen LogP) is 2.52. The summed E-state index contributed by atoms with van der Waals surface area (Å²) in [5, 5.41) is 0.273. The molecule has 1 aliphatic rings. The molecule has 1 aliphatic heterocycles. The Morgan fingerprint density at radius 1 is 1.36 bits per heavy atom. The third-order valence-electron chi connectivity index (χ3n) is 4.57. The number of rotatable bonds is 4. The first-order valence-corrected chi connectivity index (χ1v) is 10.4. The van der Waals surface area contributed by atoms with Crippen LogP contribution in [0.15, 0.2) is 17.0 Å². The Morgan fingerprint density at radius 3 is 2.50 bits per heavy atom. The van der Waals surface area contributed by atoms with Gasteiger partial charge in [-0.2, -0.15) is 13.2 Å². The van der Waals surface area contributed by atoms with Crippen LogP contribution in [0.25, 0.3) is 10.4 Å². The molecule has 1 amide bonds. The predicted molar refractivity (Wildman–Crippen MR) is 98.3 cm³/mol. The van der Waals surface area contributed by atoms with Crippen molar-refractivity contribution in [2.75, 3.05) is 12.8 Å². The highest BCUT2D eigenvalue weighted by Crippen LogP contribution is 2.39. The molecule has 1 atom stereocenters. The van der Waals surface area contributed by atoms with E-state index < -0.39 is 28.1 Å². The quantitative estimate of drug-likeness (QED) is 0.769. The summed E-state index contributed by atoms with van der Waals surface area (Å²) < 4.78 is 66.6. The van der Waals surface area contributed by atoms with E-state index in [1.165, 1.54) is 19.2 Å². The lowest BCUT2D eigenvalue weighted by molar-refractivity contribution is -0.172. The van der Waals surface area contributed by atoms with Gasteiger partial charge in [0.25, 0.3) is 5.91 Å². The first-order chi connectivity index (χ1) is 12.9. The lowest BCUT2D eigenvalue weighted by Crippen LogP contribution is -2.43. The van der Waals surface area contributed by atoms with E-state index in [9.17, 15) is 26.4 Å². The molecule has 3 N–H and O–H groups in total. The zero-order valence-corrected chi connectivity index (χ0v) is 16.7. The summed E-state index contributed by atoms with van der Waals surface area (Å²) in [6.07, 6.45) is -4.63.